The number of rotatable bonds is 3. The van der Waals surface area contributed by atoms with E-state index in [9.17, 15) is 9.59 Å². The average molecular weight is 367 g/mol. The zero-order chi connectivity index (χ0) is 17.3. The van der Waals surface area contributed by atoms with Crippen LogP contribution in [0, 0.1) is 6.92 Å². The fourth-order valence-electron chi connectivity index (χ4n) is 2.94. The van der Waals surface area contributed by atoms with E-state index in [1.165, 1.54) is 0 Å². The number of hydrogen-bond donors (Lipinski definition) is 2. The second-order valence-electron chi connectivity index (χ2n) is 5.93. The van der Waals surface area contributed by atoms with Crippen LogP contribution in [0.25, 0.3) is 5.69 Å². The number of hydrogen-bond acceptors (Lipinski definition) is 4. The molecule has 7 nitrogen and oxygen atoms in total. The van der Waals surface area contributed by atoms with Crippen molar-refractivity contribution in [3.05, 3.63) is 46.4 Å². The first kappa shape index (κ1) is 19.2. The molecule has 1 saturated heterocycles. The molecule has 1 aromatic heterocycles. The highest BCUT2D eigenvalue weighted by Gasteiger charge is 2.30. The smallest absolute Gasteiger partial charge is 0.295 e. The highest BCUT2D eigenvalue weighted by molar-refractivity contribution is 5.95. The Morgan fingerprint density at radius 3 is 2.64 bits per heavy atom. The molecule has 1 aromatic carbocycles. The van der Waals surface area contributed by atoms with Gasteiger partial charge in [0.15, 0.2) is 0 Å². The highest BCUT2D eigenvalue weighted by atomic mass is 35.5. The third-order valence-electron chi connectivity index (χ3n) is 4.40. The van der Waals surface area contributed by atoms with E-state index in [0.717, 1.165) is 5.69 Å². The molecule has 0 radical (unpaired) electrons. The molecule has 0 saturated carbocycles. The predicted molar refractivity (Wildman–Crippen MR) is 98.8 cm³/mol. The van der Waals surface area contributed by atoms with Crippen LogP contribution in [0.3, 0.4) is 0 Å². The van der Waals surface area contributed by atoms with Gasteiger partial charge in [-0.3, -0.25) is 14.3 Å². The predicted octanol–water partition coefficient (Wildman–Crippen LogP) is 1.22. The Balaban J connectivity index is 0.00000225. The van der Waals surface area contributed by atoms with Gasteiger partial charge < -0.3 is 15.4 Å². The van der Waals surface area contributed by atoms with Crippen molar-refractivity contribution in [1.29, 1.82) is 0 Å². The van der Waals surface area contributed by atoms with Crippen LogP contribution in [-0.2, 0) is 16.6 Å². The number of ether oxygens (including phenoxy) is 1. The molecule has 1 aliphatic rings. The number of halogens is 1. The van der Waals surface area contributed by atoms with Gasteiger partial charge in [0.25, 0.3) is 5.56 Å². The van der Waals surface area contributed by atoms with Gasteiger partial charge in [-0.15, -0.1) is 12.4 Å². The van der Waals surface area contributed by atoms with E-state index in [-0.39, 0.29) is 30.0 Å². The average Bonchev–Trinajstić information content (AvgIpc) is 2.79. The van der Waals surface area contributed by atoms with Crippen LogP contribution in [0.1, 0.15) is 12.6 Å². The maximum absolute atomic E-state index is 12.8. The van der Waals surface area contributed by atoms with Crippen molar-refractivity contribution < 1.29 is 9.53 Å². The van der Waals surface area contributed by atoms with Crippen LogP contribution < -0.4 is 16.2 Å². The van der Waals surface area contributed by atoms with Gasteiger partial charge in [-0.05, 0) is 26.0 Å². The minimum Gasteiger partial charge on any atom is -0.375 e. The molecule has 1 fully saturated rings. The van der Waals surface area contributed by atoms with E-state index in [1.54, 1.807) is 16.4 Å². The summed E-state index contributed by atoms with van der Waals surface area (Å²) in [6.45, 7) is 4.85. The maximum atomic E-state index is 12.8. The third kappa shape index (κ3) is 3.63. The Bertz CT molecular complexity index is 800. The van der Waals surface area contributed by atoms with E-state index in [0.29, 0.717) is 24.5 Å². The number of nitrogens with one attached hydrogen (secondary N) is 2. The van der Waals surface area contributed by atoms with E-state index >= 15 is 0 Å². The zero-order valence-electron chi connectivity index (χ0n) is 14.5. The molecule has 2 heterocycles. The summed E-state index contributed by atoms with van der Waals surface area (Å²) in [5.74, 6) is -0.256. The molecule has 2 N–H and O–H groups in total. The van der Waals surface area contributed by atoms with Crippen LogP contribution in [0.15, 0.2) is 35.1 Å². The molecule has 2 atom stereocenters. The Labute approximate surface area is 152 Å². The fourth-order valence-corrected chi connectivity index (χ4v) is 2.94. The van der Waals surface area contributed by atoms with Gasteiger partial charge in [0.2, 0.25) is 5.91 Å². The highest BCUT2D eigenvalue weighted by Crippen LogP contribution is 2.15. The van der Waals surface area contributed by atoms with Gasteiger partial charge in [-0.1, -0.05) is 18.2 Å². The van der Waals surface area contributed by atoms with Gasteiger partial charge in [0.1, 0.15) is 11.7 Å². The Hall–Kier alpha value is -2.09. The molecule has 2 aromatic rings. The minimum absolute atomic E-state index is 0. The first-order chi connectivity index (χ1) is 11.5. The van der Waals surface area contributed by atoms with Crippen molar-refractivity contribution in [2.24, 2.45) is 7.05 Å². The van der Waals surface area contributed by atoms with E-state index in [2.05, 4.69) is 10.6 Å². The lowest BCUT2D eigenvalue weighted by atomic mass is 10.1. The fraction of sp³-hybridized carbons (Fsp3) is 0.412. The van der Waals surface area contributed by atoms with Crippen molar-refractivity contribution in [3.63, 3.8) is 0 Å². The molecular weight excluding hydrogens is 344 g/mol. The lowest BCUT2D eigenvalue weighted by molar-refractivity contribution is -0.123. The summed E-state index contributed by atoms with van der Waals surface area (Å²) in [6.07, 6.45) is -0.237. The number of para-hydroxylation sites is 1. The SMILES string of the molecule is Cc1c(NC(=O)[C@H]2NCCO[C@@H]2C)c(=O)n(-c2ccccc2)n1C.Cl. The molecule has 0 spiro atoms. The number of morpholine rings is 1. The largest absolute Gasteiger partial charge is 0.375 e. The number of carbonyl (C=O) groups excluding carboxylic acids is 1. The molecule has 0 aliphatic carbocycles. The van der Waals surface area contributed by atoms with E-state index in [1.807, 2.05) is 44.2 Å². The second-order valence-corrected chi connectivity index (χ2v) is 5.93. The van der Waals surface area contributed by atoms with Gasteiger partial charge in [0, 0.05) is 13.6 Å². The molecule has 1 aliphatic heterocycles. The van der Waals surface area contributed by atoms with Crippen LogP contribution in [-0.4, -0.2) is 40.6 Å². The van der Waals surface area contributed by atoms with Gasteiger partial charge in [0.05, 0.1) is 24.1 Å². The number of nitrogens with zero attached hydrogens (tertiary/aromatic N) is 2. The maximum Gasteiger partial charge on any atom is 0.295 e. The molecule has 3 rings (SSSR count). The third-order valence-corrected chi connectivity index (χ3v) is 4.40. The summed E-state index contributed by atoms with van der Waals surface area (Å²) in [4.78, 5) is 25.3. The first-order valence-electron chi connectivity index (χ1n) is 8.00. The van der Waals surface area contributed by atoms with Gasteiger partial charge in [-0.25, -0.2) is 4.68 Å². The van der Waals surface area contributed by atoms with Crippen molar-refractivity contribution in [2.75, 3.05) is 18.5 Å². The molecule has 1 amide bonds. The Morgan fingerprint density at radius 1 is 1.32 bits per heavy atom. The Kier molecular flexibility index (Phi) is 6.05. The topological polar surface area (TPSA) is 77.3 Å². The van der Waals surface area contributed by atoms with Gasteiger partial charge >= 0.3 is 0 Å². The standard InChI is InChI=1S/C17H22N4O3.ClH/c1-11-14(19-16(22)15-12(2)24-10-9-18-15)17(23)21(20(11)3)13-7-5-4-6-8-13;/h4-8,12,15,18H,9-10H2,1-3H3,(H,19,22);1H/t12-,15+;/m1./s1. The van der Waals surface area contributed by atoms with E-state index in [4.69, 9.17) is 4.74 Å². The molecule has 0 bridgehead atoms. The number of amides is 1. The number of aromatic nitrogens is 2. The second kappa shape index (κ2) is 7.86. The summed E-state index contributed by atoms with van der Waals surface area (Å²) in [5, 5.41) is 5.90. The molecular formula is C17H23ClN4O3. The van der Waals surface area contributed by atoms with Crippen LogP contribution in [0.5, 0.6) is 0 Å². The monoisotopic (exact) mass is 366 g/mol. The summed E-state index contributed by atoms with van der Waals surface area (Å²) in [5.41, 5.74) is 1.49. The molecule has 25 heavy (non-hydrogen) atoms. The van der Waals surface area contributed by atoms with Crippen molar-refractivity contribution in [1.82, 2.24) is 14.7 Å². The zero-order valence-corrected chi connectivity index (χ0v) is 15.3. The lowest BCUT2D eigenvalue weighted by Gasteiger charge is -2.29. The van der Waals surface area contributed by atoms with Crippen LogP contribution in [0.2, 0.25) is 0 Å². The number of benzene rings is 1. The summed E-state index contributed by atoms with van der Waals surface area (Å²) < 4.78 is 8.77. The summed E-state index contributed by atoms with van der Waals surface area (Å²) in [7, 11) is 1.80. The van der Waals surface area contributed by atoms with Crippen molar-refractivity contribution >= 4 is 24.0 Å². The lowest BCUT2D eigenvalue weighted by Crippen LogP contribution is -2.53. The first-order valence-corrected chi connectivity index (χ1v) is 8.00. The molecule has 136 valence electrons. The molecule has 8 heteroatoms. The van der Waals surface area contributed by atoms with Gasteiger partial charge in [-0.2, -0.15) is 0 Å². The molecule has 0 unspecified atom stereocenters. The number of carbonyl (C=O) groups is 1. The van der Waals surface area contributed by atoms with Crippen molar-refractivity contribution in [2.45, 2.75) is 26.0 Å². The normalized spacial score (nSPS) is 20.0. The minimum atomic E-state index is -0.470. The van der Waals surface area contributed by atoms with Crippen LogP contribution >= 0.6 is 12.4 Å². The number of anilines is 1. The quantitative estimate of drug-likeness (QED) is 0.856. The van der Waals surface area contributed by atoms with E-state index < -0.39 is 6.04 Å². The summed E-state index contributed by atoms with van der Waals surface area (Å²) >= 11 is 0. The van der Waals surface area contributed by atoms with Crippen LogP contribution in [0.4, 0.5) is 5.69 Å². The van der Waals surface area contributed by atoms with Crippen molar-refractivity contribution in [3.8, 4) is 5.69 Å². The summed E-state index contributed by atoms with van der Waals surface area (Å²) in [6, 6.07) is 8.86. The Morgan fingerprint density at radius 2 is 2.00 bits per heavy atom.